The highest BCUT2D eigenvalue weighted by molar-refractivity contribution is 8.00. The molecule has 1 saturated heterocycles. The van der Waals surface area contributed by atoms with Gasteiger partial charge in [0.15, 0.2) is 0 Å². The van der Waals surface area contributed by atoms with Crippen LogP contribution in [0.4, 0.5) is 4.39 Å². The second-order valence-electron chi connectivity index (χ2n) is 4.96. The summed E-state index contributed by atoms with van der Waals surface area (Å²) < 4.78 is 18.5. The van der Waals surface area contributed by atoms with Crippen LogP contribution in [0.1, 0.15) is 5.56 Å². The van der Waals surface area contributed by atoms with Crippen molar-refractivity contribution in [2.24, 2.45) is 0 Å². The van der Waals surface area contributed by atoms with Gasteiger partial charge in [-0.2, -0.15) is 0 Å². The number of ether oxygens (including phenoxy) is 1. The summed E-state index contributed by atoms with van der Waals surface area (Å²) in [5, 5.41) is 5.02. The molecule has 0 aliphatic carbocycles. The maximum atomic E-state index is 13.6. The first-order chi connectivity index (χ1) is 10.6. The van der Waals surface area contributed by atoms with Gasteiger partial charge in [0, 0.05) is 19.4 Å². The van der Waals surface area contributed by atoms with Gasteiger partial charge in [0.25, 0.3) is 0 Å². The van der Waals surface area contributed by atoms with E-state index in [-0.39, 0.29) is 22.9 Å². The summed E-state index contributed by atoms with van der Waals surface area (Å²) in [7, 11) is 1.55. The van der Waals surface area contributed by atoms with Gasteiger partial charge in [-0.1, -0.05) is 18.2 Å². The maximum Gasteiger partial charge on any atom is 0.243 e. The fraction of sp³-hybridized carbons (Fsp3) is 0.467. The number of thioether (sulfide) groups is 1. The minimum atomic E-state index is -0.550. The highest BCUT2D eigenvalue weighted by atomic mass is 32.2. The van der Waals surface area contributed by atoms with Gasteiger partial charge in [0.05, 0.1) is 11.9 Å². The van der Waals surface area contributed by atoms with Crippen LogP contribution in [0.3, 0.4) is 0 Å². The maximum absolute atomic E-state index is 13.6. The molecular weight excluding hydrogens is 307 g/mol. The number of nitrogens with one attached hydrogen (secondary N) is 2. The SMILES string of the molecule is COCCNC(=O)[C@@H]1CS[C@@H](Cc2ccccc2F)C(=O)N1. The van der Waals surface area contributed by atoms with Gasteiger partial charge in [0.1, 0.15) is 11.9 Å². The standard InChI is InChI=1S/C15H19FN2O3S/c1-21-7-6-17-14(19)12-9-22-13(15(20)18-12)8-10-4-2-3-5-11(10)16/h2-5,12-13H,6-9H2,1H3,(H,17,19)(H,18,20)/t12-,13-/m0/s1. The van der Waals surface area contributed by atoms with E-state index in [9.17, 15) is 14.0 Å². The molecule has 1 fully saturated rings. The molecule has 0 aromatic heterocycles. The summed E-state index contributed by atoms with van der Waals surface area (Å²) in [6.45, 7) is 0.834. The molecule has 120 valence electrons. The Morgan fingerprint density at radius 2 is 2.27 bits per heavy atom. The Morgan fingerprint density at radius 1 is 1.50 bits per heavy atom. The van der Waals surface area contributed by atoms with Crippen molar-refractivity contribution in [2.75, 3.05) is 26.0 Å². The Morgan fingerprint density at radius 3 is 2.95 bits per heavy atom. The topological polar surface area (TPSA) is 67.4 Å². The van der Waals surface area contributed by atoms with Crippen LogP contribution in [-0.4, -0.2) is 49.1 Å². The summed E-state index contributed by atoms with van der Waals surface area (Å²) in [6.07, 6.45) is 0.321. The minimum absolute atomic E-state index is 0.220. The van der Waals surface area contributed by atoms with Crippen molar-refractivity contribution in [2.45, 2.75) is 17.7 Å². The lowest BCUT2D eigenvalue weighted by atomic mass is 10.1. The van der Waals surface area contributed by atoms with Crippen LogP contribution < -0.4 is 10.6 Å². The van der Waals surface area contributed by atoms with E-state index in [1.54, 1.807) is 25.3 Å². The minimum Gasteiger partial charge on any atom is -0.383 e. The summed E-state index contributed by atoms with van der Waals surface area (Å²) >= 11 is 1.38. The molecular formula is C15H19FN2O3S. The van der Waals surface area contributed by atoms with Crippen LogP contribution >= 0.6 is 11.8 Å². The molecule has 0 unspecified atom stereocenters. The molecule has 0 spiro atoms. The van der Waals surface area contributed by atoms with E-state index < -0.39 is 6.04 Å². The second kappa shape index (κ2) is 8.14. The zero-order valence-corrected chi connectivity index (χ0v) is 13.1. The van der Waals surface area contributed by atoms with E-state index in [4.69, 9.17) is 4.74 Å². The van der Waals surface area contributed by atoms with E-state index in [0.717, 1.165) is 0 Å². The van der Waals surface area contributed by atoms with Crippen molar-refractivity contribution in [1.82, 2.24) is 10.6 Å². The van der Waals surface area contributed by atoms with E-state index in [1.165, 1.54) is 17.8 Å². The number of carbonyl (C=O) groups is 2. The molecule has 1 aliphatic rings. The monoisotopic (exact) mass is 326 g/mol. The molecule has 1 aromatic rings. The predicted octanol–water partition coefficient (Wildman–Crippen LogP) is 0.731. The number of amides is 2. The normalized spacial score (nSPS) is 21.3. The highest BCUT2D eigenvalue weighted by Gasteiger charge is 2.32. The first kappa shape index (κ1) is 16.8. The number of hydrogen-bond donors (Lipinski definition) is 2. The van der Waals surface area contributed by atoms with Gasteiger partial charge < -0.3 is 15.4 Å². The van der Waals surface area contributed by atoms with Crippen molar-refractivity contribution in [3.8, 4) is 0 Å². The summed E-state index contributed by atoms with van der Waals surface area (Å²) in [5.74, 6) is -0.284. The van der Waals surface area contributed by atoms with Crippen LogP contribution in [0.2, 0.25) is 0 Å². The van der Waals surface area contributed by atoms with E-state index in [0.29, 0.717) is 30.9 Å². The number of benzene rings is 1. The van der Waals surface area contributed by atoms with Crippen molar-refractivity contribution >= 4 is 23.6 Å². The average Bonchev–Trinajstić information content (AvgIpc) is 2.51. The van der Waals surface area contributed by atoms with Crippen molar-refractivity contribution < 1.29 is 18.7 Å². The van der Waals surface area contributed by atoms with Crippen molar-refractivity contribution in [1.29, 1.82) is 0 Å². The van der Waals surface area contributed by atoms with Crippen LogP contribution in [0, 0.1) is 5.82 Å². The van der Waals surface area contributed by atoms with Gasteiger partial charge in [-0.15, -0.1) is 11.8 Å². The molecule has 2 atom stereocenters. The summed E-state index contributed by atoms with van der Waals surface area (Å²) in [5.41, 5.74) is 0.512. The number of methoxy groups -OCH3 is 1. The van der Waals surface area contributed by atoms with Crippen molar-refractivity contribution in [3.63, 3.8) is 0 Å². The van der Waals surface area contributed by atoms with Crippen molar-refractivity contribution in [3.05, 3.63) is 35.6 Å². The third-order valence-corrected chi connectivity index (χ3v) is 4.67. The molecule has 7 heteroatoms. The lowest BCUT2D eigenvalue weighted by molar-refractivity contribution is -0.128. The van der Waals surface area contributed by atoms with Gasteiger partial charge in [0.2, 0.25) is 11.8 Å². The Balaban J connectivity index is 1.86. The molecule has 2 amide bonds. The molecule has 2 N–H and O–H groups in total. The molecule has 1 aromatic carbocycles. The van der Waals surface area contributed by atoms with E-state index in [2.05, 4.69) is 10.6 Å². The third-order valence-electron chi connectivity index (χ3n) is 3.36. The third kappa shape index (κ3) is 4.45. The molecule has 5 nitrogen and oxygen atoms in total. The highest BCUT2D eigenvalue weighted by Crippen LogP contribution is 2.23. The molecule has 0 saturated carbocycles. The Bertz CT molecular complexity index is 541. The molecule has 0 bridgehead atoms. The second-order valence-corrected chi connectivity index (χ2v) is 6.20. The van der Waals surface area contributed by atoms with Crippen LogP contribution in [0.15, 0.2) is 24.3 Å². The fourth-order valence-corrected chi connectivity index (χ4v) is 3.33. The number of carbonyl (C=O) groups excluding carboxylic acids is 2. The molecule has 1 aliphatic heterocycles. The average molecular weight is 326 g/mol. The Hall–Kier alpha value is -1.60. The van der Waals surface area contributed by atoms with Gasteiger partial charge in [-0.25, -0.2) is 4.39 Å². The number of rotatable bonds is 6. The van der Waals surface area contributed by atoms with Crippen LogP contribution in [0.25, 0.3) is 0 Å². The number of halogens is 1. The Kier molecular flexibility index (Phi) is 6.21. The fourth-order valence-electron chi connectivity index (χ4n) is 2.15. The van der Waals surface area contributed by atoms with Gasteiger partial charge in [-0.05, 0) is 18.1 Å². The van der Waals surface area contributed by atoms with E-state index in [1.807, 2.05) is 0 Å². The smallest absolute Gasteiger partial charge is 0.243 e. The lowest BCUT2D eigenvalue weighted by Gasteiger charge is -2.28. The molecule has 22 heavy (non-hydrogen) atoms. The van der Waals surface area contributed by atoms with Gasteiger partial charge in [-0.3, -0.25) is 9.59 Å². The van der Waals surface area contributed by atoms with E-state index >= 15 is 0 Å². The first-order valence-corrected chi connectivity index (χ1v) is 8.08. The zero-order chi connectivity index (χ0) is 15.9. The van der Waals surface area contributed by atoms with Crippen LogP contribution in [0.5, 0.6) is 0 Å². The predicted molar refractivity (Wildman–Crippen MR) is 83.2 cm³/mol. The van der Waals surface area contributed by atoms with Gasteiger partial charge >= 0.3 is 0 Å². The molecule has 2 rings (SSSR count). The largest absolute Gasteiger partial charge is 0.383 e. The number of hydrogen-bond acceptors (Lipinski definition) is 4. The molecule has 0 radical (unpaired) electrons. The zero-order valence-electron chi connectivity index (χ0n) is 12.3. The first-order valence-electron chi connectivity index (χ1n) is 7.04. The summed E-state index contributed by atoms with van der Waals surface area (Å²) in [6, 6.07) is 5.87. The lowest BCUT2D eigenvalue weighted by Crippen LogP contribution is -2.54. The quantitative estimate of drug-likeness (QED) is 0.757. The van der Waals surface area contributed by atoms with Crippen LogP contribution in [-0.2, 0) is 20.7 Å². The summed E-state index contributed by atoms with van der Waals surface area (Å²) in [4.78, 5) is 24.0. The molecule has 1 heterocycles. The Labute approximate surface area is 133 Å².